The number of esters is 3. The first-order valence-corrected chi connectivity index (χ1v) is 41.5. The van der Waals surface area contributed by atoms with Crippen molar-refractivity contribution in [1.29, 1.82) is 0 Å². The lowest BCUT2D eigenvalue weighted by atomic mass is 9.33. The normalized spacial score (nSPS) is 45.9. The van der Waals surface area contributed by atoms with Crippen molar-refractivity contribution in [2.45, 2.75) is 309 Å². The molecule has 1 aromatic rings. The summed E-state index contributed by atoms with van der Waals surface area (Å²) in [5, 5.41) is 213. The van der Waals surface area contributed by atoms with Crippen molar-refractivity contribution < 1.29 is 202 Å². The van der Waals surface area contributed by atoms with E-state index in [0.29, 0.717) is 24.8 Å². The zero-order chi connectivity index (χ0) is 90.2. The molecule has 41 nitrogen and oxygen atoms in total. The summed E-state index contributed by atoms with van der Waals surface area (Å²) in [4.78, 5) is 69.6. The predicted octanol–water partition coefficient (Wildman–Crippen LogP) is -3.59. The first-order chi connectivity index (χ1) is 57.7. The Balaban J connectivity index is 0.872. The third-order valence-electron chi connectivity index (χ3n) is 28.6. The van der Waals surface area contributed by atoms with Gasteiger partial charge in [-0.05, 0) is 143 Å². The van der Waals surface area contributed by atoms with E-state index in [1.165, 1.54) is 60.3 Å². The number of fused-ring (bicyclic) bond motifs is 7. The van der Waals surface area contributed by atoms with E-state index in [1.54, 1.807) is 0 Å². The lowest BCUT2D eigenvalue weighted by Gasteiger charge is -2.71. The van der Waals surface area contributed by atoms with Gasteiger partial charge in [0.05, 0.1) is 102 Å². The van der Waals surface area contributed by atoms with E-state index in [4.69, 9.17) is 80.5 Å². The van der Waals surface area contributed by atoms with Crippen LogP contribution in [0, 0.1) is 50.2 Å². The van der Waals surface area contributed by atoms with E-state index < -0.39 is 316 Å². The van der Waals surface area contributed by atoms with Gasteiger partial charge in [-0.1, -0.05) is 39.3 Å². The van der Waals surface area contributed by atoms with Crippen molar-refractivity contribution in [2.24, 2.45) is 50.2 Å². The van der Waals surface area contributed by atoms with Crippen LogP contribution in [0.4, 0.5) is 0 Å². The van der Waals surface area contributed by atoms with Gasteiger partial charge in [-0.3, -0.25) is 19.2 Å². The Bertz CT molecular complexity index is 3930. The number of methoxy groups -OCH3 is 3. The molecule has 0 bridgehead atoms. The minimum atomic E-state index is -2.56. The van der Waals surface area contributed by atoms with E-state index in [1.807, 2.05) is 33.8 Å². The van der Waals surface area contributed by atoms with Gasteiger partial charge in [-0.25, -0.2) is 4.79 Å². The number of carboxylic acid groups (broad SMARTS) is 2. The zero-order valence-corrected chi connectivity index (χ0v) is 70.3. The van der Waals surface area contributed by atoms with Gasteiger partial charge in [0.25, 0.3) is 0 Å². The van der Waals surface area contributed by atoms with Crippen LogP contribution in [0.2, 0.25) is 0 Å². The summed E-state index contributed by atoms with van der Waals surface area (Å²) in [6.45, 7) is 8.50. The Morgan fingerprint density at radius 3 is 1.76 bits per heavy atom. The predicted molar refractivity (Wildman–Crippen MR) is 408 cm³/mol. The van der Waals surface area contributed by atoms with Crippen molar-refractivity contribution in [1.82, 2.24) is 0 Å². The molecule has 41 heteroatoms. The number of benzene rings is 1. The lowest BCUT2D eigenvalue weighted by molar-refractivity contribution is -0.388. The number of carboxylic acids is 2. The summed E-state index contributed by atoms with van der Waals surface area (Å²) in [7, 11) is 4.12. The summed E-state index contributed by atoms with van der Waals surface area (Å²) in [5.74, 6) is -7.39. The molecule has 696 valence electrons. The molecule has 10 fully saturated rings. The number of hydrogen-bond acceptors (Lipinski definition) is 39. The molecule has 1 aromatic carbocycles. The van der Waals surface area contributed by atoms with Crippen LogP contribution in [0.15, 0.2) is 29.9 Å². The number of allylic oxidation sites excluding steroid dienone is 1. The highest BCUT2D eigenvalue weighted by molar-refractivity contribution is 5.87. The topological polar surface area (TPSA) is 627 Å². The summed E-state index contributed by atoms with van der Waals surface area (Å²) in [5.41, 5.74) is -10.6. The monoisotopic (exact) mass is 1760 g/mol. The molecule has 4 saturated carbocycles. The highest BCUT2D eigenvalue weighted by atomic mass is 16.8. The van der Waals surface area contributed by atoms with Crippen LogP contribution in [0.3, 0.4) is 0 Å². The summed E-state index contributed by atoms with van der Waals surface area (Å²) in [6.07, 6.45) is -47.8. The van der Waals surface area contributed by atoms with Gasteiger partial charge >= 0.3 is 29.8 Å². The molecule has 38 atom stereocenters. The van der Waals surface area contributed by atoms with E-state index in [-0.39, 0.29) is 55.8 Å². The SMILES string of the molecule is COc1cc(/C=C/C(=O)O[C@H]2[C@@H](O)[C@@H](C)O[C@@H](OC(=O)[C@]34CCC(C)(C)C[C@H]3C3=CC[C@@H]5[C@@]6(C)C[C@H](O)[C@H](O[C@@H]7O[C@H](CO)[C@@H](O)[C@H](O)[C@H]7O)[C@@](C)(C(=O)O)[C@@H]6CC[C@@]5(C)[C@]3(CO)CC4)[C@@H]2O[C@@H]2O[C@@H](C)[C@H](O[C@@H]3OC[C@@H](O[C@@H]4O[C@H](CO)[C@H](O)[C@H](O)[C@H]4O)[C@H](O)[C@H]3O)[C@@H](O[C@@H]3OC[C@](O)(COC(=O)CC(C)(O)CC(=O)O)[C@H]3O)[C@H]2O)cc(OC)c1OC. The highest BCUT2D eigenvalue weighted by Crippen LogP contribution is 2.76. The number of aliphatic hydroxyl groups is 17. The van der Waals surface area contributed by atoms with Crippen LogP contribution < -0.4 is 14.2 Å². The number of ether oxygens (including phenoxy) is 17. The standard InChI is InChI=1S/C82H122O41/c1-34-50(91)62(118-48(89)15-12-36-22-40(107-9)61(109-11)41(23-36)108-10)64(121-70-59(100)63(120-72-65(101)82(106,33-112-72)32-111-49(90)27-76(5,105)26-47(87)88)60(35(2)114-70)119-67-56(97)53(94)44(30-110-67)117-68-57(98)54(95)51(92)42(28-83)115-68)71(113-34)123-74(104)80-19-18-75(3,4)24-38(80)37-13-14-45-77(6)25-39(86)66(122-69-58(99)55(96)52(93)43(29-84)116-69)79(8,73(102)103)46(77)16-17-78(45,7)81(37,31-85)21-20-80/h12-13,15,22-23,34-35,38-39,42-46,50-60,62-72,83-86,91-101,105-106H,14,16-21,24-33H2,1-11H3,(H,87,88)(H,102,103)/b15-12+/t34-,35+,38+,39+,42-,43-,44-,45-,46-,50+,51+,52-,53+,54+,55+,56-,57-,58-,59-,60+,62+,63+,64-,65+,66+,67+,68+,69+,70+,71+,72+,76?,77-,78-,79+,80+,81+,82-/m1/s1. The van der Waals surface area contributed by atoms with Crippen molar-refractivity contribution in [2.75, 3.05) is 61.0 Å². The Morgan fingerprint density at radius 2 is 1.17 bits per heavy atom. The average molecular weight is 1760 g/mol. The van der Waals surface area contributed by atoms with E-state index in [2.05, 4.69) is 0 Å². The number of aliphatic hydroxyl groups excluding tert-OH is 15. The van der Waals surface area contributed by atoms with Crippen LogP contribution >= 0.6 is 0 Å². The van der Waals surface area contributed by atoms with Crippen molar-refractivity contribution in [3.63, 3.8) is 0 Å². The average Bonchev–Trinajstić information content (AvgIpc) is 0.981. The quantitative estimate of drug-likeness (QED) is 0.0127. The fourth-order valence-corrected chi connectivity index (χ4v) is 21.6. The summed E-state index contributed by atoms with van der Waals surface area (Å²) < 4.78 is 102. The molecule has 0 radical (unpaired) electrons. The van der Waals surface area contributed by atoms with Crippen LogP contribution in [0.1, 0.15) is 132 Å². The van der Waals surface area contributed by atoms with E-state index >= 15 is 4.79 Å². The maximum atomic E-state index is 16.4. The fourth-order valence-electron chi connectivity index (χ4n) is 21.6. The highest BCUT2D eigenvalue weighted by Gasteiger charge is 2.74. The molecule has 5 aliphatic carbocycles. The van der Waals surface area contributed by atoms with Gasteiger partial charge < -0.3 is 178 Å². The molecule has 6 saturated heterocycles. The molecular formula is C82H122O41. The van der Waals surface area contributed by atoms with Crippen molar-refractivity contribution in [3.8, 4) is 17.2 Å². The molecule has 19 N–H and O–H groups in total. The second-order valence-corrected chi connectivity index (χ2v) is 36.9. The molecule has 1 unspecified atom stereocenters. The number of carbonyl (C=O) groups excluding carboxylic acids is 3. The van der Waals surface area contributed by atoms with Crippen LogP contribution in [-0.2, 0) is 90.3 Å². The Hall–Kier alpha value is -5.67. The second kappa shape index (κ2) is 37.1. The van der Waals surface area contributed by atoms with Gasteiger partial charge in [-0.15, -0.1) is 0 Å². The van der Waals surface area contributed by atoms with Gasteiger partial charge in [0, 0.05) is 11.5 Å². The maximum absolute atomic E-state index is 16.4. The van der Waals surface area contributed by atoms with E-state index in [0.717, 1.165) is 18.6 Å². The first kappa shape index (κ1) is 96.4. The molecule has 6 heterocycles. The zero-order valence-electron chi connectivity index (χ0n) is 70.3. The second-order valence-electron chi connectivity index (χ2n) is 36.9. The smallest absolute Gasteiger partial charge is 0.331 e. The number of rotatable bonds is 28. The number of aliphatic carboxylic acids is 2. The molecule has 0 spiro atoms. The van der Waals surface area contributed by atoms with Crippen LogP contribution in [0.25, 0.3) is 6.08 Å². The third-order valence-corrected chi connectivity index (χ3v) is 28.6. The molecular weight excluding hydrogens is 1640 g/mol. The molecule has 11 aliphatic rings. The number of hydrogen-bond donors (Lipinski definition) is 19. The Morgan fingerprint density at radius 1 is 0.585 bits per heavy atom. The number of carbonyl (C=O) groups is 5. The van der Waals surface area contributed by atoms with Gasteiger partial charge in [0.15, 0.2) is 60.8 Å². The lowest BCUT2D eigenvalue weighted by Crippen LogP contribution is -2.71. The van der Waals surface area contributed by atoms with Crippen molar-refractivity contribution in [3.05, 3.63) is 35.4 Å². The van der Waals surface area contributed by atoms with Crippen molar-refractivity contribution >= 4 is 35.9 Å². The fraction of sp³-hybridized carbons (Fsp3) is 0.817. The van der Waals surface area contributed by atoms with Crippen LogP contribution in [0.5, 0.6) is 17.2 Å². The van der Waals surface area contributed by atoms with Gasteiger partial charge in [0.1, 0.15) is 110 Å². The van der Waals surface area contributed by atoms with E-state index in [9.17, 15) is 116 Å². The third kappa shape index (κ3) is 17.9. The van der Waals surface area contributed by atoms with Gasteiger partial charge in [0.2, 0.25) is 12.0 Å². The van der Waals surface area contributed by atoms with Gasteiger partial charge in [-0.2, -0.15) is 0 Å². The molecule has 0 amide bonds. The summed E-state index contributed by atoms with van der Waals surface area (Å²) >= 11 is 0. The van der Waals surface area contributed by atoms with Crippen LogP contribution in [-0.4, -0.2) is 371 Å². The largest absolute Gasteiger partial charge is 0.493 e. The Labute approximate surface area is 708 Å². The minimum absolute atomic E-state index is 0.0459. The summed E-state index contributed by atoms with van der Waals surface area (Å²) in [6, 6.07) is 3.02. The first-order valence-electron chi connectivity index (χ1n) is 41.5. The molecule has 12 rings (SSSR count). The maximum Gasteiger partial charge on any atom is 0.331 e. The molecule has 6 aliphatic heterocycles. The molecule has 123 heavy (non-hydrogen) atoms. The minimum Gasteiger partial charge on any atom is -0.493 e. The molecule has 0 aromatic heterocycles. The Kier molecular flexibility index (Phi) is 29.0.